The molecule has 2 rings (SSSR count). The second-order valence-electron chi connectivity index (χ2n) is 5.06. The van der Waals surface area contributed by atoms with Crippen LogP contribution in [-0.4, -0.2) is 17.0 Å². The SMILES string of the molecule is O=C(O)C(C(=O)NCc1ccccc1)C1CCCC1. The van der Waals surface area contributed by atoms with Crippen LogP contribution < -0.4 is 5.32 Å². The summed E-state index contributed by atoms with van der Waals surface area (Å²) in [5, 5.41) is 12.0. The van der Waals surface area contributed by atoms with E-state index in [1.54, 1.807) is 0 Å². The summed E-state index contributed by atoms with van der Waals surface area (Å²) in [6.07, 6.45) is 3.74. The Labute approximate surface area is 112 Å². The van der Waals surface area contributed by atoms with Crippen LogP contribution in [0.15, 0.2) is 30.3 Å². The number of nitrogens with one attached hydrogen (secondary N) is 1. The number of hydrogen-bond acceptors (Lipinski definition) is 2. The Morgan fingerprint density at radius 2 is 1.84 bits per heavy atom. The fourth-order valence-corrected chi connectivity index (χ4v) is 2.71. The lowest BCUT2D eigenvalue weighted by Gasteiger charge is -2.18. The number of amides is 1. The molecule has 0 saturated heterocycles. The molecular weight excluding hydrogens is 242 g/mol. The molecule has 0 heterocycles. The van der Waals surface area contributed by atoms with Crippen LogP contribution in [0.2, 0.25) is 0 Å². The van der Waals surface area contributed by atoms with E-state index in [1.165, 1.54) is 0 Å². The number of carbonyl (C=O) groups excluding carboxylic acids is 1. The molecule has 0 spiro atoms. The van der Waals surface area contributed by atoms with Gasteiger partial charge in [-0.05, 0) is 24.3 Å². The summed E-state index contributed by atoms with van der Waals surface area (Å²) >= 11 is 0. The highest BCUT2D eigenvalue weighted by Crippen LogP contribution is 2.31. The summed E-state index contributed by atoms with van der Waals surface area (Å²) in [6.45, 7) is 0.385. The average molecular weight is 261 g/mol. The van der Waals surface area contributed by atoms with Gasteiger partial charge in [-0.2, -0.15) is 0 Å². The average Bonchev–Trinajstić information content (AvgIpc) is 2.91. The summed E-state index contributed by atoms with van der Waals surface area (Å²) in [6, 6.07) is 9.52. The highest BCUT2D eigenvalue weighted by Gasteiger charge is 2.36. The minimum Gasteiger partial charge on any atom is -0.481 e. The molecule has 1 amide bonds. The molecule has 1 saturated carbocycles. The van der Waals surface area contributed by atoms with Gasteiger partial charge in [0, 0.05) is 6.54 Å². The van der Waals surface area contributed by atoms with Crippen molar-refractivity contribution in [3.8, 4) is 0 Å². The number of rotatable bonds is 5. The lowest BCUT2D eigenvalue weighted by atomic mass is 9.90. The van der Waals surface area contributed by atoms with Crippen molar-refractivity contribution < 1.29 is 14.7 Å². The Hall–Kier alpha value is -1.84. The van der Waals surface area contributed by atoms with Gasteiger partial charge in [-0.3, -0.25) is 9.59 Å². The molecule has 4 nitrogen and oxygen atoms in total. The number of aliphatic carboxylic acids is 1. The lowest BCUT2D eigenvalue weighted by Crippen LogP contribution is -2.38. The first kappa shape index (κ1) is 13.6. The Bertz CT molecular complexity index is 438. The van der Waals surface area contributed by atoms with E-state index in [-0.39, 0.29) is 11.8 Å². The van der Waals surface area contributed by atoms with Crippen LogP contribution in [0.4, 0.5) is 0 Å². The first-order valence-electron chi connectivity index (χ1n) is 6.73. The van der Waals surface area contributed by atoms with E-state index in [0.29, 0.717) is 6.54 Å². The summed E-state index contributed by atoms with van der Waals surface area (Å²) in [4.78, 5) is 23.3. The number of hydrogen-bond donors (Lipinski definition) is 2. The second-order valence-corrected chi connectivity index (χ2v) is 5.06. The molecule has 1 unspecified atom stereocenters. The van der Waals surface area contributed by atoms with Gasteiger partial charge in [0.25, 0.3) is 0 Å². The topological polar surface area (TPSA) is 66.4 Å². The van der Waals surface area contributed by atoms with Crippen molar-refractivity contribution in [2.45, 2.75) is 32.2 Å². The molecule has 1 aliphatic rings. The van der Waals surface area contributed by atoms with Gasteiger partial charge in [0.15, 0.2) is 0 Å². The molecule has 1 aromatic carbocycles. The van der Waals surface area contributed by atoms with E-state index in [1.807, 2.05) is 30.3 Å². The smallest absolute Gasteiger partial charge is 0.316 e. The van der Waals surface area contributed by atoms with Gasteiger partial charge in [-0.25, -0.2) is 0 Å². The maximum atomic E-state index is 12.1. The minimum atomic E-state index is -1.00. The minimum absolute atomic E-state index is 0.00623. The normalized spacial score (nSPS) is 17.1. The fraction of sp³-hybridized carbons (Fsp3) is 0.467. The number of benzene rings is 1. The predicted octanol–water partition coefficient (Wildman–Crippen LogP) is 2.19. The maximum Gasteiger partial charge on any atom is 0.316 e. The zero-order valence-corrected chi connectivity index (χ0v) is 10.8. The maximum absolute atomic E-state index is 12.1. The Morgan fingerprint density at radius 3 is 2.42 bits per heavy atom. The van der Waals surface area contributed by atoms with E-state index < -0.39 is 11.9 Å². The van der Waals surface area contributed by atoms with Crippen LogP contribution in [0.1, 0.15) is 31.2 Å². The van der Waals surface area contributed by atoms with E-state index in [2.05, 4.69) is 5.32 Å². The van der Waals surface area contributed by atoms with Gasteiger partial charge in [-0.15, -0.1) is 0 Å². The van der Waals surface area contributed by atoms with Crippen molar-refractivity contribution in [2.24, 2.45) is 11.8 Å². The number of carbonyl (C=O) groups is 2. The van der Waals surface area contributed by atoms with Crippen LogP contribution in [0.25, 0.3) is 0 Å². The summed E-state index contributed by atoms with van der Waals surface area (Å²) in [7, 11) is 0. The molecule has 1 fully saturated rings. The van der Waals surface area contributed by atoms with Crippen LogP contribution in [0.5, 0.6) is 0 Å². The van der Waals surface area contributed by atoms with Gasteiger partial charge < -0.3 is 10.4 Å². The van der Waals surface area contributed by atoms with E-state index in [4.69, 9.17) is 0 Å². The van der Waals surface area contributed by atoms with Gasteiger partial charge in [0.05, 0.1) is 0 Å². The zero-order chi connectivity index (χ0) is 13.7. The summed E-state index contributed by atoms with van der Waals surface area (Å²) in [5.41, 5.74) is 0.978. The molecule has 102 valence electrons. The molecule has 0 radical (unpaired) electrons. The molecule has 1 atom stereocenters. The van der Waals surface area contributed by atoms with Crippen molar-refractivity contribution in [3.05, 3.63) is 35.9 Å². The van der Waals surface area contributed by atoms with E-state index in [0.717, 1.165) is 31.2 Å². The van der Waals surface area contributed by atoms with Crippen LogP contribution in [-0.2, 0) is 16.1 Å². The Balaban J connectivity index is 1.94. The third-order valence-electron chi connectivity index (χ3n) is 3.73. The Morgan fingerprint density at radius 1 is 1.21 bits per heavy atom. The van der Waals surface area contributed by atoms with Crippen LogP contribution in [0, 0.1) is 11.8 Å². The molecule has 2 N–H and O–H groups in total. The van der Waals surface area contributed by atoms with Crippen molar-refractivity contribution in [2.75, 3.05) is 0 Å². The van der Waals surface area contributed by atoms with Gasteiger partial charge in [0.2, 0.25) is 5.91 Å². The quantitative estimate of drug-likeness (QED) is 0.798. The predicted molar refractivity (Wildman–Crippen MR) is 71.4 cm³/mol. The molecule has 1 aromatic rings. The monoisotopic (exact) mass is 261 g/mol. The molecule has 0 aromatic heterocycles. The Kier molecular flexibility index (Phi) is 4.55. The molecule has 0 bridgehead atoms. The second kappa shape index (κ2) is 6.36. The van der Waals surface area contributed by atoms with E-state index in [9.17, 15) is 14.7 Å². The van der Waals surface area contributed by atoms with Crippen LogP contribution >= 0.6 is 0 Å². The summed E-state index contributed by atoms with van der Waals surface area (Å²) < 4.78 is 0. The van der Waals surface area contributed by atoms with E-state index >= 15 is 0 Å². The fourth-order valence-electron chi connectivity index (χ4n) is 2.71. The first-order chi connectivity index (χ1) is 9.18. The molecular formula is C15H19NO3. The van der Waals surface area contributed by atoms with Crippen molar-refractivity contribution in [3.63, 3.8) is 0 Å². The molecule has 0 aliphatic heterocycles. The molecule has 4 heteroatoms. The van der Waals surface area contributed by atoms with Gasteiger partial charge in [-0.1, -0.05) is 43.2 Å². The third-order valence-corrected chi connectivity index (χ3v) is 3.73. The standard InChI is InChI=1S/C15H19NO3/c17-14(16-10-11-6-2-1-3-7-11)13(15(18)19)12-8-4-5-9-12/h1-3,6-7,12-13H,4-5,8-10H2,(H,16,17)(H,18,19). The highest BCUT2D eigenvalue weighted by molar-refractivity contribution is 5.97. The van der Waals surface area contributed by atoms with Crippen molar-refractivity contribution in [1.82, 2.24) is 5.32 Å². The highest BCUT2D eigenvalue weighted by atomic mass is 16.4. The number of carboxylic acid groups (broad SMARTS) is 1. The molecule has 19 heavy (non-hydrogen) atoms. The van der Waals surface area contributed by atoms with Crippen molar-refractivity contribution in [1.29, 1.82) is 0 Å². The third kappa shape index (κ3) is 3.56. The first-order valence-corrected chi connectivity index (χ1v) is 6.73. The van der Waals surface area contributed by atoms with Gasteiger partial charge >= 0.3 is 5.97 Å². The zero-order valence-electron chi connectivity index (χ0n) is 10.8. The lowest BCUT2D eigenvalue weighted by molar-refractivity contribution is -0.149. The van der Waals surface area contributed by atoms with Crippen LogP contribution in [0.3, 0.4) is 0 Å². The van der Waals surface area contributed by atoms with Gasteiger partial charge in [0.1, 0.15) is 5.92 Å². The van der Waals surface area contributed by atoms with Crippen molar-refractivity contribution >= 4 is 11.9 Å². The largest absolute Gasteiger partial charge is 0.481 e. The summed E-state index contributed by atoms with van der Waals surface area (Å²) in [5.74, 6) is -2.26. The number of carboxylic acids is 1. The molecule has 1 aliphatic carbocycles.